The van der Waals surface area contributed by atoms with Crippen molar-refractivity contribution in [2.45, 2.75) is 77.5 Å². The summed E-state index contributed by atoms with van der Waals surface area (Å²) in [5.74, 6) is 0. The molecular weight excluding hydrogens is 320 g/mol. The Morgan fingerprint density at radius 2 is 0.808 bits per heavy atom. The maximum absolute atomic E-state index is 3.92. The fraction of sp³-hybridized carbons (Fsp3) is 0.545. The van der Waals surface area contributed by atoms with Crippen LogP contribution in [0.4, 0.5) is 0 Å². The highest BCUT2D eigenvalue weighted by molar-refractivity contribution is 5.05. The lowest BCUT2D eigenvalue weighted by molar-refractivity contribution is -0.697. The minimum Gasteiger partial charge on any atom is -0.354 e. The topological polar surface area (TPSA) is 63.0 Å². The summed E-state index contributed by atoms with van der Waals surface area (Å²) in [5.41, 5.74) is 10.5. The summed E-state index contributed by atoms with van der Waals surface area (Å²) in [6, 6.07) is 8.72. The van der Waals surface area contributed by atoms with Crippen molar-refractivity contribution < 1.29 is 20.6 Å². The van der Waals surface area contributed by atoms with Crippen LogP contribution in [0.25, 0.3) is 0 Å². The van der Waals surface area contributed by atoms with Crippen LogP contribution in [-0.2, 0) is 26.2 Å². The Kier molecular flexibility index (Phi) is 9.91. The van der Waals surface area contributed by atoms with Crippen LogP contribution < -0.4 is 20.6 Å². The van der Waals surface area contributed by atoms with Gasteiger partial charge in [-0.15, -0.1) is 0 Å². The van der Waals surface area contributed by atoms with E-state index in [1.165, 1.54) is 62.5 Å². The molecule has 2 aromatic heterocycles. The molecule has 4 nitrogen and oxygen atoms in total. The number of pyridine rings is 2. The molecular formula is C22H38N4+4. The smallest absolute Gasteiger partial charge is 0.169 e. The van der Waals surface area contributed by atoms with Gasteiger partial charge in [-0.2, -0.15) is 0 Å². The van der Waals surface area contributed by atoms with Gasteiger partial charge < -0.3 is 11.5 Å². The molecule has 0 aliphatic rings. The zero-order valence-corrected chi connectivity index (χ0v) is 16.4. The van der Waals surface area contributed by atoms with Crippen LogP contribution in [0.1, 0.15) is 62.5 Å². The van der Waals surface area contributed by atoms with E-state index in [1.54, 1.807) is 0 Å². The number of quaternary nitrogens is 2. The summed E-state index contributed by atoms with van der Waals surface area (Å²) in [4.78, 5) is 0. The molecule has 0 aliphatic heterocycles. The third-order valence-electron chi connectivity index (χ3n) is 5.08. The van der Waals surface area contributed by atoms with E-state index in [0.717, 1.165) is 26.2 Å². The van der Waals surface area contributed by atoms with Crippen LogP contribution in [-0.4, -0.2) is 0 Å². The van der Waals surface area contributed by atoms with E-state index in [-0.39, 0.29) is 0 Å². The summed E-state index contributed by atoms with van der Waals surface area (Å²) in [5, 5.41) is 0. The summed E-state index contributed by atoms with van der Waals surface area (Å²) in [6.45, 7) is 4.04. The molecule has 0 spiro atoms. The highest BCUT2D eigenvalue weighted by Gasteiger charge is 2.02. The lowest BCUT2D eigenvalue weighted by atomic mass is 10.1. The van der Waals surface area contributed by atoms with E-state index in [2.05, 4.69) is 69.7 Å². The van der Waals surface area contributed by atoms with Crippen molar-refractivity contribution in [1.82, 2.24) is 0 Å². The molecule has 0 amide bonds. The highest BCUT2D eigenvalue weighted by atomic mass is 14.9. The minimum absolute atomic E-state index is 0.877. The van der Waals surface area contributed by atoms with Crippen molar-refractivity contribution in [2.24, 2.45) is 0 Å². The minimum atomic E-state index is 0.877. The molecule has 2 aromatic rings. The van der Waals surface area contributed by atoms with Gasteiger partial charge in [-0.1, -0.05) is 25.7 Å². The largest absolute Gasteiger partial charge is 0.354 e. The third kappa shape index (κ3) is 8.07. The molecule has 4 heteroatoms. The molecule has 2 rings (SSSR count). The van der Waals surface area contributed by atoms with E-state index in [1.807, 2.05) is 0 Å². The molecule has 142 valence electrons. The summed E-state index contributed by atoms with van der Waals surface area (Å²) in [6.07, 6.45) is 19.5. The number of hydrogen-bond acceptors (Lipinski definition) is 0. The lowest BCUT2D eigenvalue weighted by Crippen LogP contribution is -2.47. The van der Waals surface area contributed by atoms with E-state index in [9.17, 15) is 0 Å². The van der Waals surface area contributed by atoms with E-state index in [4.69, 9.17) is 0 Å². The predicted molar refractivity (Wildman–Crippen MR) is 103 cm³/mol. The van der Waals surface area contributed by atoms with Crippen molar-refractivity contribution in [3.8, 4) is 0 Å². The quantitative estimate of drug-likeness (QED) is 0.403. The second-order valence-electron chi connectivity index (χ2n) is 7.22. The van der Waals surface area contributed by atoms with Gasteiger partial charge in [0, 0.05) is 48.2 Å². The Bertz CT molecular complexity index is 537. The number of aromatic nitrogens is 2. The molecule has 0 bridgehead atoms. The Morgan fingerprint density at radius 3 is 1.12 bits per heavy atom. The number of rotatable bonds is 13. The lowest BCUT2D eigenvalue weighted by Gasteiger charge is -2.02. The average Bonchev–Trinajstić information content (AvgIpc) is 2.70. The molecule has 0 aromatic carbocycles. The molecule has 0 saturated heterocycles. The number of aryl methyl sites for hydroxylation is 2. The molecule has 26 heavy (non-hydrogen) atoms. The predicted octanol–water partition coefficient (Wildman–Crippen LogP) is 1.57. The standard InChI is InChI=1S/C22H36N4/c23-19-21-9-15-25(16-10-21)13-7-5-3-1-2-4-6-8-14-26-17-11-22(20-24)12-18-26/h9-12,15-18H,1-8,13-14,19-20,23-24H2/q+2/p+2. The molecule has 0 aliphatic carbocycles. The zero-order valence-electron chi connectivity index (χ0n) is 16.4. The fourth-order valence-electron chi connectivity index (χ4n) is 3.26. The molecule has 0 atom stereocenters. The first-order valence-electron chi connectivity index (χ1n) is 10.4. The van der Waals surface area contributed by atoms with Crippen molar-refractivity contribution >= 4 is 0 Å². The van der Waals surface area contributed by atoms with Gasteiger partial charge in [0.25, 0.3) is 0 Å². The Hall–Kier alpha value is -1.78. The highest BCUT2D eigenvalue weighted by Crippen LogP contribution is 2.08. The van der Waals surface area contributed by atoms with Crippen LogP contribution in [0, 0.1) is 0 Å². The van der Waals surface area contributed by atoms with E-state index in [0.29, 0.717) is 0 Å². The molecule has 6 N–H and O–H groups in total. The summed E-state index contributed by atoms with van der Waals surface area (Å²) >= 11 is 0. The van der Waals surface area contributed by atoms with Crippen LogP contribution in [0.15, 0.2) is 49.1 Å². The first-order valence-corrected chi connectivity index (χ1v) is 10.4. The first kappa shape index (κ1) is 20.5. The van der Waals surface area contributed by atoms with Crippen LogP contribution in [0.5, 0.6) is 0 Å². The number of nitrogens with zero attached hydrogens (tertiary/aromatic N) is 2. The summed E-state index contributed by atoms with van der Waals surface area (Å²) in [7, 11) is 0. The number of hydrogen-bond donors (Lipinski definition) is 2. The van der Waals surface area contributed by atoms with Gasteiger partial charge in [-0.25, -0.2) is 9.13 Å². The van der Waals surface area contributed by atoms with Gasteiger partial charge >= 0.3 is 0 Å². The monoisotopic (exact) mass is 358 g/mol. The van der Waals surface area contributed by atoms with Crippen LogP contribution in [0.2, 0.25) is 0 Å². The third-order valence-corrected chi connectivity index (χ3v) is 5.08. The van der Waals surface area contributed by atoms with E-state index < -0.39 is 0 Å². The normalized spacial score (nSPS) is 11.0. The fourth-order valence-corrected chi connectivity index (χ4v) is 3.26. The zero-order chi connectivity index (χ0) is 18.5. The van der Waals surface area contributed by atoms with Gasteiger partial charge in [0.2, 0.25) is 0 Å². The molecule has 0 saturated carbocycles. The van der Waals surface area contributed by atoms with Crippen molar-refractivity contribution in [1.29, 1.82) is 0 Å². The Morgan fingerprint density at radius 1 is 0.500 bits per heavy atom. The molecule has 0 fully saturated rings. The average molecular weight is 359 g/mol. The SMILES string of the molecule is [NH3+]Cc1cc[n+](CCCCCCCCCC[n+]2ccc(C[NH3+])cc2)cc1. The van der Waals surface area contributed by atoms with Crippen LogP contribution in [0.3, 0.4) is 0 Å². The summed E-state index contributed by atoms with van der Waals surface area (Å²) < 4.78 is 4.58. The molecule has 0 unspecified atom stereocenters. The first-order chi connectivity index (χ1) is 12.8. The Labute approximate surface area is 158 Å². The van der Waals surface area contributed by atoms with Gasteiger partial charge in [0.1, 0.15) is 26.2 Å². The van der Waals surface area contributed by atoms with Gasteiger partial charge in [-0.3, -0.25) is 0 Å². The van der Waals surface area contributed by atoms with Gasteiger partial charge in [0.05, 0.1) is 0 Å². The van der Waals surface area contributed by atoms with Crippen LogP contribution >= 0.6 is 0 Å². The Balaban J connectivity index is 1.41. The second kappa shape index (κ2) is 12.6. The van der Waals surface area contributed by atoms with Crippen molar-refractivity contribution in [3.63, 3.8) is 0 Å². The van der Waals surface area contributed by atoms with E-state index >= 15 is 0 Å². The number of unbranched alkanes of at least 4 members (excludes halogenated alkanes) is 7. The van der Waals surface area contributed by atoms with Gasteiger partial charge in [-0.05, 0) is 12.8 Å². The maximum atomic E-state index is 3.92. The van der Waals surface area contributed by atoms with Crippen molar-refractivity contribution in [2.75, 3.05) is 0 Å². The second-order valence-corrected chi connectivity index (χ2v) is 7.22. The maximum Gasteiger partial charge on any atom is 0.169 e. The van der Waals surface area contributed by atoms with Gasteiger partial charge in [0.15, 0.2) is 24.8 Å². The molecule has 2 heterocycles. The van der Waals surface area contributed by atoms with Crippen molar-refractivity contribution in [3.05, 3.63) is 60.2 Å². The molecule has 0 radical (unpaired) electrons.